The molecular weight excluding hydrogens is 284 g/mol. The van der Waals surface area contributed by atoms with E-state index in [0.717, 1.165) is 10.7 Å². The van der Waals surface area contributed by atoms with E-state index in [2.05, 4.69) is 29.1 Å². The molecule has 0 saturated heterocycles. The van der Waals surface area contributed by atoms with Gasteiger partial charge in [-0.15, -0.1) is 11.3 Å². The highest BCUT2D eigenvalue weighted by Gasteiger charge is 2.11. The molecule has 0 aliphatic carbocycles. The summed E-state index contributed by atoms with van der Waals surface area (Å²) in [6.45, 7) is 4.90. The molecule has 0 fully saturated rings. The molecule has 1 amide bonds. The van der Waals surface area contributed by atoms with Crippen molar-refractivity contribution in [3.8, 4) is 0 Å². The summed E-state index contributed by atoms with van der Waals surface area (Å²) in [7, 11) is 0. The molecule has 21 heavy (non-hydrogen) atoms. The minimum absolute atomic E-state index is 0.182. The first-order chi connectivity index (χ1) is 10.2. The van der Waals surface area contributed by atoms with E-state index in [1.54, 1.807) is 23.7 Å². The topological polar surface area (TPSA) is 59.8 Å². The zero-order valence-electron chi connectivity index (χ0n) is 12.6. The molecule has 0 bridgehead atoms. The van der Waals surface area contributed by atoms with Crippen LogP contribution < -0.4 is 5.32 Å². The van der Waals surface area contributed by atoms with Crippen molar-refractivity contribution in [2.24, 2.45) is 0 Å². The monoisotopic (exact) mass is 306 g/mol. The van der Waals surface area contributed by atoms with Crippen LogP contribution in [0.15, 0.2) is 24.1 Å². The second-order valence-corrected chi connectivity index (χ2v) is 6.09. The fourth-order valence-corrected chi connectivity index (χ4v) is 3.00. The fraction of sp³-hybridized carbons (Fsp3) is 0.533. The molecular formula is C15H22N4OS. The molecule has 114 valence electrons. The van der Waals surface area contributed by atoms with Crippen LogP contribution in [0.25, 0.3) is 0 Å². The van der Waals surface area contributed by atoms with Gasteiger partial charge in [-0.3, -0.25) is 4.57 Å². The SMILES string of the molecule is CCCCCC(C)c1nc(CNC(=O)n2ccnc2)cs1. The van der Waals surface area contributed by atoms with Crippen LogP contribution in [0.3, 0.4) is 0 Å². The molecule has 6 heteroatoms. The molecule has 0 aliphatic rings. The number of imidazole rings is 1. The van der Waals surface area contributed by atoms with Crippen molar-refractivity contribution in [3.63, 3.8) is 0 Å². The minimum Gasteiger partial charge on any atom is -0.332 e. The first-order valence-electron chi connectivity index (χ1n) is 7.41. The van der Waals surface area contributed by atoms with Gasteiger partial charge in [-0.25, -0.2) is 14.8 Å². The highest BCUT2D eigenvalue weighted by molar-refractivity contribution is 7.09. The molecule has 0 spiro atoms. The van der Waals surface area contributed by atoms with E-state index in [4.69, 9.17) is 0 Å². The number of amides is 1. The Hall–Kier alpha value is -1.69. The molecule has 1 atom stereocenters. The molecule has 0 aliphatic heterocycles. The largest absolute Gasteiger partial charge is 0.332 e. The van der Waals surface area contributed by atoms with Crippen molar-refractivity contribution in [2.45, 2.75) is 52.0 Å². The Morgan fingerprint density at radius 3 is 3.05 bits per heavy atom. The van der Waals surface area contributed by atoms with Crippen molar-refractivity contribution >= 4 is 17.4 Å². The molecule has 1 N–H and O–H groups in total. The number of hydrogen-bond acceptors (Lipinski definition) is 4. The lowest BCUT2D eigenvalue weighted by Crippen LogP contribution is -2.27. The van der Waals surface area contributed by atoms with Crippen molar-refractivity contribution in [2.75, 3.05) is 0 Å². The zero-order valence-corrected chi connectivity index (χ0v) is 13.4. The van der Waals surface area contributed by atoms with Crippen LogP contribution in [0.4, 0.5) is 4.79 Å². The van der Waals surface area contributed by atoms with Crippen LogP contribution in [0, 0.1) is 0 Å². The number of rotatable bonds is 7. The van der Waals surface area contributed by atoms with Crippen LogP contribution >= 0.6 is 11.3 Å². The normalized spacial score (nSPS) is 12.3. The zero-order chi connectivity index (χ0) is 15.1. The van der Waals surface area contributed by atoms with Crippen molar-refractivity contribution in [1.82, 2.24) is 19.9 Å². The number of thiazole rings is 1. The van der Waals surface area contributed by atoms with Gasteiger partial charge in [0, 0.05) is 23.7 Å². The van der Waals surface area contributed by atoms with Gasteiger partial charge in [-0.2, -0.15) is 0 Å². The smallest absolute Gasteiger partial charge is 0.327 e. The van der Waals surface area contributed by atoms with Crippen LogP contribution in [0.5, 0.6) is 0 Å². The summed E-state index contributed by atoms with van der Waals surface area (Å²) < 4.78 is 1.42. The average Bonchev–Trinajstić information content (AvgIpc) is 3.16. The third-order valence-corrected chi connectivity index (χ3v) is 4.52. The van der Waals surface area contributed by atoms with Gasteiger partial charge >= 0.3 is 6.03 Å². The summed E-state index contributed by atoms with van der Waals surface area (Å²) >= 11 is 1.68. The number of nitrogens with zero attached hydrogens (tertiary/aromatic N) is 3. The average molecular weight is 306 g/mol. The number of carbonyl (C=O) groups excluding carboxylic acids is 1. The maximum absolute atomic E-state index is 11.8. The summed E-state index contributed by atoms with van der Waals surface area (Å²) in [5.41, 5.74) is 0.922. The second-order valence-electron chi connectivity index (χ2n) is 5.20. The molecule has 0 aromatic carbocycles. The van der Waals surface area contributed by atoms with Crippen molar-refractivity contribution in [3.05, 3.63) is 34.8 Å². The Kier molecular flexibility index (Phi) is 5.92. The molecule has 2 aromatic rings. The number of aromatic nitrogens is 3. The van der Waals surface area contributed by atoms with E-state index in [1.807, 2.05) is 5.38 Å². The number of carbonyl (C=O) groups is 1. The lowest BCUT2D eigenvalue weighted by Gasteiger charge is -2.07. The molecule has 0 saturated carbocycles. The van der Waals surface area contributed by atoms with E-state index < -0.39 is 0 Å². The maximum atomic E-state index is 11.8. The molecule has 2 heterocycles. The van der Waals surface area contributed by atoms with Gasteiger partial charge in [0.15, 0.2) is 0 Å². The van der Waals surface area contributed by atoms with Crippen molar-refractivity contribution < 1.29 is 4.79 Å². The van der Waals surface area contributed by atoms with Gasteiger partial charge in [0.1, 0.15) is 6.33 Å². The minimum atomic E-state index is -0.182. The summed E-state index contributed by atoms with van der Waals surface area (Å²) in [5, 5.41) is 6.03. The first kappa shape index (κ1) is 15.7. The van der Waals surface area contributed by atoms with E-state index >= 15 is 0 Å². The number of unbranched alkanes of at least 4 members (excludes halogenated alkanes) is 2. The van der Waals surface area contributed by atoms with E-state index in [9.17, 15) is 4.79 Å². The quantitative estimate of drug-likeness (QED) is 0.792. The van der Waals surface area contributed by atoms with Gasteiger partial charge < -0.3 is 5.32 Å². The van der Waals surface area contributed by atoms with Crippen LogP contribution in [0.2, 0.25) is 0 Å². The van der Waals surface area contributed by atoms with E-state index in [-0.39, 0.29) is 6.03 Å². The fourth-order valence-electron chi connectivity index (χ4n) is 2.09. The Labute approximate surface area is 129 Å². The van der Waals surface area contributed by atoms with Gasteiger partial charge in [0.2, 0.25) is 0 Å². The van der Waals surface area contributed by atoms with Crippen LogP contribution in [-0.2, 0) is 6.54 Å². The summed E-state index contributed by atoms with van der Waals surface area (Å²) in [4.78, 5) is 20.3. The molecule has 2 rings (SSSR count). The first-order valence-corrected chi connectivity index (χ1v) is 8.29. The molecule has 5 nitrogen and oxygen atoms in total. The third kappa shape index (κ3) is 4.67. The molecule has 2 aromatic heterocycles. The van der Waals surface area contributed by atoms with Gasteiger partial charge in [-0.05, 0) is 6.42 Å². The Bertz CT molecular complexity index is 550. The van der Waals surface area contributed by atoms with E-state index in [0.29, 0.717) is 12.5 Å². The Morgan fingerprint density at radius 1 is 1.48 bits per heavy atom. The highest BCUT2D eigenvalue weighted by Crippen LogP contribution is 2.25. The summed E-state index contributed by atoms with van der Waals surface area (Å²) in [6, 6.07) is -0.182. The molecule has 0 radical (unpaired) electrons. The Morgan fingerprint density at radius 2 is 2.33 bits per heavy atom. The predicted octanol–water partition coefficient (Wildman–Crippen LogP) is 3.78. The Balaban J connectivity index is 1.81. The standard InChI is InChI=1S/C15H22N4OS/c1-3-4-5-6-12(2)14-18-13(10-21-14)9-17-15(20)19-8-7-16-11-19/h7-8,10-12H,3-6,9H2,1-2H3,(H,17,20). The van der Waals surface area contributed by atoms with Gasteiger partial charge in [0.25, 0.3) is 0 Å². The van der Waals surface area contributed by atoms with Crippen LogP contribution in [-0.4, -0.2) is 20.6 Å². The number of hydrogen-bond donors (Lipinski definition) is 1. The molecule has 1 unspecified atom stereocenters. The van der Waals surface area contributed by atoms with E-state index in [1.165, 1.54) is 36.6 Å². The lowest BCUT2D eigenvalue weighted by molar-refractivity contribution is 0.242. The van der Waals surface area contributed by atoms with Gasteiger partial charge in [-0.1, -0.05) is 33.1 Å². The second kappa shape index (κ2) is 7.93. The van der Waals surface area contributed by atoms with Gasteiger partial charge in [0.05, 0.1) is 17.2 Å². The third-order valence-electron chi connectivity index (χ3n) is 3.39. The lowest BCUT2D eigenvalue weighted by atomic mass is 10.0. The summed E-state index contributed by atoms with van der Waals surface area (Å²) in [6.07, 6.45) is 9.65. The summed E-state index contributed by atoms with van der Waals surface area (Å²) in [5.74, 6) is 0.500. The van der Waals surface area contributed by atoms with Crippen LogP contribution in [0.1, 0.15) is 56.2 Å². The maximum Gasteiger partial charge on any atom is 0.327 e. The number of nitrogens with one attached hydrogen (secondary N) is 1. The highest BCUT2D eigenvalue weighted by atomic mass is 32.1. The predicted molar refractivity (Wildman–Crippen MR) is 84.5 cm³/mol. The van der Waals surface area contributed by atoms with Crippen molar-refractivity contribution in [1.29, 1.82) is 0 Å².